The highest BCUT2D eigenvalue weighted by atomic mass is 19.4. The number of benzene rings is 3. The van der Waals surface area contributed by atoms with Crippen LogP contribution in [0.1, 0.15) is 56.4 Å². The van der Waals surface area contributed by atoms with Crippen LogP contribution in [0.2, 0.25) is 0 Å². The lowest BCUT2D eigenvalue weighted by atomic mass is 9.92. The van der Waals surface area contributed by atoms with Gasteiger partial charge in [-0.1, -0.05) is 70.2 Å². The molecule has 0 bridgehead atoms. The van der Waals surface area contributed by atoms with E-state index in [2.05, 4.69) is 55.4 Å². The number of furan rings is 1. The number of halogens is 3. The molecule has 0 aliphatic heterocycles. The second-order valence-corrected chi connectivity index (χ2v) is 10.2. The monoisotopic (exact) mass is 513 g/mol. The Balaban J connectivity index is 1.71. The Morgan fingerprint density at radius 2 is 1.42 bits per heavy atom. The summed E-state index contributed by atoms with van der Waals surface area (Å²) >= 11 is 0. The van der Waals surface area contributed by atoms with Gasteiger partial charge in [-0.25, -0.2) is 9.97 Å². The Kier molecular flexibility index (Phi) is 5.56. The van der Waals surface area contributed by atoms with E-state index < -0.39 is 11.9 Å². The van der Waals surface area contributed by atoms with Crippen LogP contribution in [0.3, 0.4) is 0 Å². The molecule has 0 aliphatic rings. The van der Waals surface area contributed by atoms with E-state index in [9.17, 15) is 13.2 Å². The summed E-state index contributed by atoms with van der Waals surface area (Å²) in [4.78, 5) is 8.84. The van der Waals surface area contributed by atoms with E-state index in [1.165, 1.54) is 17.2 Å². The zero-order valence-corrected chi connectivity index (χ0v) is 21.5. The van der Waals surface area contributed by atoms with Crippen LogP contribution >= 0.6 is 0 Å². The molecule has 6 rings (SSSR count). The van der Waals surface area contributed by atoms with Gasteiger partial charge in [0.15, 0.2) is 0 Å². The average molecular weight is 514 g/mol. The molecule has 0 fully saturated rings. The molecule has 38 heavy (non-hydrogen) atoms. The fourth-order valence-corrected chi connectivity index (χ4v) is 5.22. The number of nitrogens with zero attached hydrogens (tertiary/aromatic N) is 3. The van der Waals surface area contributed by atoms with Crippen molar-refractivity contribution in [1.29, 1.82) is 0 Å². The standard InChI is InChI=1S/C31H26F3N3O/c1-17(2)19-9-7-10-20(18(3)4)27(19)37-25-14-6-5-13-24(25)35-29(37)23-12-8-11-21-22-15-16-26(31(32,33)34)36-30(22)38-28(21)23/h5-18H,1-4H3. The normalized spacial score (nSPS) is 12.6. The number of aromatic nitrogens is 3. The molecule has 0 saturated carbocycles. The van der Waals surface area contributed by atoms with Gasteiger partial charge in [0.05, 0.1) is 22.3 Å². The van der Waals surface area contributed by atoms with E-state index in [4.69, 9.17) is 9.40 Å². The highest BCUT2D eigenvalue weighted by Gasteiger charge is 2.33. The minimum absolute atomic E-state index is 0.0459. The molecule has 0 N–H and O–H groups in total. The van der Waals surface area contributed by atoms with Crippen molar-refractivity contribution in [2.45, 2.75) is 45.7 Å². The highest BCUT2D eigenvalue weighted by molar-refractivity contribution is 6.08. The molecule has 3 aromatic carbocycles. The molecule has 0 amide bonds. The zero-order chi connectivity index (χ0) is 26.8. The van der Waals surface area contributed by atoms with E-state index in [1.54, 1.807) is 0 Å². The number of para-hydroxylation sites is 4. The van der Waals surface area contributed by atoms with Crippen LogP contribution in [0, 0.1) is 0 Å². The third-order valence-corrected chi connectivity index (χ3v) is 7.02. The minimum Gasteiger partial charge on any atom is -0.437 e. The van der Waals surface area contributed by atoms with Crippen LogP contribution in [0.15, 0.2) is 77.2 Å². The number of alkyl halides is 3. The fraction of sp³-hybridized carbons (Fsp3) is 0.226. The molecule has 0 radical (unpaired) electrons. The van der Waals surface area contributed by atoms with Gasteiger partial charge in [0.2, 0.25) is 5.71 Å². The number of pyridine rings is 1. The van der Waals surface area contributed by atoms with Crippen molar-refractivity contribution in [3.05, 3.63) is 89.6 Å². The molecule has 0 saturated heterocycles. The predicted octanol–water partition coefficient (Wildman–Crippen LogP) is 9.25. The summed E-state index contributed by atoms with van der Waals surface area (Å²) in [5.74, 6) is 1.18. The SMILES string of the molecule is CC(C)c1cccc(C(C)C)c1-n1c(-c2cccc3c2oc2nc(C(F)(F)F)ccc23)nc2ccccc21. The molecule has 4 nitrogen and oxygen atoms in total. The summed E-state index contributed by atoms with van der Waals surface area (Å²) in [6, 6.07) is 22.4. The molecule has 6 aromatic rings. The van der Waals surface area contributed by atoms with Crippen LogP contribution in [-0.2, 0) is 6.18 Å². The van der Waals surface area contributed by atoms with Gasteiger partial charge in [-0.2, -0.15) is 13.2 Å². The molecule has 3 aromatic heterocycles. The lowest BCUT2D eigenvalue weighted by Gasteiger charge is -2.22. The van der Waals surface area contributed by atoms with Gasteiger partial charge in [0.25, 0.3) is 0 Å². The van der Waals surface area contributed by atoms with E-state index in [0.29, 0.717) is 27.7 Å². The zero-order valence-electron chi connectivity index (χ0n) is 21.5. The first-order valence-electron chi connectivity index (χ1n) is 12.7. The molecule has 192 valence electrons. The number of hydrogen-bond donors (Lipinski definition) is 0. The third kappa shape index (κ3) is 3.76. The summed E-state index contributed by atoms with van der Waals surface area (Å²) in [6.07, 6.45) is -4.56. The summed E-state index contributed by atoms with van der Waals surface area (Å²) < 4.78 is 48.3. The Bertz CT molecular complexity index is 1800. The van der Waals surface area contributed by atoms with Crippen molar-refractivity contribution in [2.75, 3.05) is 0 Å². The first kappa shape index (κ1) is 24.2. The lowest BCUT2D eigenvalue weighted by Crippen LogP contribution is -2.08. The Hall–Kier alpha value is -4.13. The molecule has 0 spiro atoms. The first-order valence-corrected chi connectivity index (χ1v) is 12.7. The van der Waals surface area contributed by atoms with Crippen LogP contribution in [0.25, 0.3) is 50.2 Å². The first-order chi connectivity index (χ1) is 18.1. The topological polar surface area (TPSA) is 43.9 Å². The van der Waals surface area contributed by atoms with Gasteiger partial charge < -0.3 is 4.42 Å². The van der Waals surface area contributed by atoms with Gasteiger partial charge in [0, 0.05) is 10.8 Å². The maximum absolute atomic E-state index is 13.4. The Labute approximate surface area is 217 Å². The van der Waals surface area contributed by atoms with Crippen molar-refractivity contribution in [2.24, 2.45) is 0 Å². The molecular formula is C31H26F3N3O. The number of imidazole rings is 1. The van der Waals surface area contributed by atoms with Crippen LogP contribution in [-0.4, -0.2) is 14.5 Å². The smallest absolute Gasteiger partial charge is 0.433 e. The highest BCUT2D eigenvalue weighted by Crippen LogP contribution is 2.41. The van der Waals surface area contributed by atoms with Crippen LogP contribution < -0.4 is 0 Å². The maximum Gasteiger partial charge on any atom is 0.433 e. The largest absolute Gasteiger partial charge is 0.437 e. The summed E-state index contributed by atoms with van der Waals surface area (Å²) in [5, 5.41) is 1.22. The van der Waals surface area contributed by atoms with E-state index >= 15 is 0 Å². The summed E-state index contributed by atoms with van der Waals surface area (Å²) in [7, 11) is 0. The third-order valence-electron chi connectivity index (χ3n) is 7.02. The summed E-state index contributed by atoms with van der Waals surface area (Å²) in [6.45, 7) is 8.69. The van der Waals surface area contributed by atoms with Crippen molar-refractivity contribution in [1.82, 2.24) is 14.5 Å². The number of hydrogen-bond acceptors (Lipinski definition) is 3. The second kappa shape index (κ2) is 8.72. The van der Waals surface area contributed by atoms with E-state index in [-0.39, 0.29) is 17.5 Å². The fourth-order valence-electron chi connectivity index (χ4n) is 5.22. The molecule has 0 atom stereocenters. The molecule has 7 heteroatoms. The second-order valence-electron chi connectivity index (χ2n) is 10.2. The lowest BCUT2D eigenvalue weighted by molar-refractivity contribution is -0.141. The number of fused-ring (bicyclic) bond motifs is 4. The molecule has 3 heterocycles. The van der Waals surface area contributed by atoms with Crippen molar-refractivity contribution < 1.29 is 17.6 Å². The molecule has 0 unspecified atom stereocenters. The maximum atomic E-state index is 13.4. The van der Waals surface area contributed by atoms with Gasteiger partial charge in [-0.05, 0) is 53.3 Å². The summed E-state index contributed by atoms with van der Waals surface area (Å²) in [5.41, 5.74) is 5.34. The van der Waals surface area contributed by atoms with Gasteiger partial charge in [-0.15, -0.1) is 0 Å². The molecular weight excluding hydrogens is 487 g/mol. The van der Waals surface area contributed by atoms with E-state index in [1.807, 2.05) is 42.5 Å². The van der Waals surface area contributed by atoms with Gasteiger partial charge in [0.1, 0.15) is 17.1 Å². The van der Waals surface area contributed by atoms with Crippen molar-refractivity contribution >= 4 is 33.1 Å². The minimum atomic E-state index is -4.56. The quantitative estimate of drug-likeness (QED) is 0.236. The van der Waals surface area contributed by atoms with Gasteiger partial charge in [-0.3, -0.25) is 4.57 Å². The predicted molar refractivity (Wildman–Crippen MR) is 145 cm³/mol. The van der Waals surface area contributed by atoms with Crippen LogP contribution in [0.4, 0.5) is 13.2 Å². The molecule has 0 aliphatic carbocycles. The average Bonchev–Trinajstić information content (AvgIpc) is 3.45. The van der Waals surface area contributed by atoms with Gasteiger partial charge >= 0.3 is 6.18 Å². The van der Waals surface area contributed by atoms with Crippen molar-refractivity contribution in [3.63, 3.8) is 0 Å². The van der Waals surface area contributed by atoms with Crippen molar-refractivity contribution in [3.8, 4) is 17.1 Å². The van der Waals surface area contributed by atoms with Crippen LogP contribution in [0.5, 0.6) is 0 Å². The van der Waals surface area contributed by atoms with E-state index in [0.717, 1.165) is 22.8 Å². The number of rotatable bonds is 4. The Morgan fingerprint density at radius 3 is 2.11 bits per heavy atom. The Morgan fingerprint density at radius 1 is 0.737 bits per heavy atom.